The Kier molecular flexibility index (Phi) is 11.1. The SMILES string of the molecule is COc1ccc(C=CC(=O)c2cc(OC)c(OC)c(OC)c2)cc1OCCCCCOc1cccc(-c2nc3ccccc3s2)c1. The summed E-state index contributed by atoms with van der Waals surface area (Å²) in [4.78, 5) is 17.7. The van der Waals surface area contributed by atoms with Crippen LogP contribution < -0.4 is 28.4 Å². The molecule has 0 bridgehead atoms. The van der Waals surface area contributed by atoms with Crippen LogP contribution in [0.15, 0.2) is 84.9 Å². The maximum absolute atomic E-state index is 13.0. The summed E-state index contributed by atoms with van der Waals surface area (Å²) in [5, 5.41) is 0.990. The van der Waals surface area contributed by atoms with Gasteiger partial charge in [-0.1, -0.05) is 36.4 Å². The number of thiazole rings is 1. The normalized spacial score (nSPS) is 11.0. The lowest BCUT2D eigenvalue weighted by molar-refractivity contribution is 0.104. The number of carbonyl (C=O) groups excluding carboxylic acids is 1. The Balaban J connectivity index is 1.10. The fraction of sp³-hybridized carbons (Fsp3) is 0.243. The molecule has 0 aliphatic heterocycles. The molecule has 0 unspecified atom stereocenters. The molecule has 0 spiro atoms. The summed E-state index contributed by atoms with van der Waals surface area (Å²) in [6.45, 7) is 1.15. The van der Waals surface area contributed by atoms with Gasteiger partial charge in [-0.15, -0.1) is 11.3 Å². The lowest BCUT2D eigenvalue weighted by atomic mass is 10.1. The molecule has 238 valence electrons. The molecule has 0 fully saturated rings. The molecule has 1 aromatic heterocycles. The molecule has 0 aliphatic rings. The van der Waals surface area contributed by atoms with Gasteiger partial charge in [0.1, 0.15) is 10.8 Å². The molecule has 0 amide bonds. The van der Waals surface area contributed by atoms with Crippen LogP contribution >= 0.6 is 11.3 Å². The quantitative estimate of drug-likeness (QED) is 0.0604. The number of benzene rings is 4. The Labute approximate surface area is 273 Å². The van der Waals surface area contributed by atoms with E-state index in [0.29, 0.717) is 47.5 Å². The molecule has 1 heterocycles. The predicted octanol–water partition coefficient (Wildman–Crippen LogP) is 8.52. The van der Waals surface area contributed by atoms with Crippen molar-refractivity contribution < 1.29 is 33.2 Å². The second kappa shape index (κ2) is 15.8. The van der Waals surface area contributed by atoms with Crippen molar-refractivity contribution in [2.24, 2.45) is 0 Å². The Hall–Kier alpha value is -5.02. The number of ether oxygens (including phenoxy) is 6. The minimum Gasteiger partial charge on any atom is -0.494 e. The predicted molar refractivity (Wildman–Crippen MR) is 182 cm³/mol. The Morgan fingerprint density at radius 1 is 0.717 bits per heavy atom. The van der Waals surface area contributed by atoms with Gasteiger partial charge in [0.15, 0.2) is 28.8 Å². The first kappa shape index (κ1) is 32.4. The van der Waals surface area contributed by atoms with Gasteiger partial charge in [0.05, 0.1) is 51.9 Å². The lowest BCUT2D eigenvalue weighted by Crippen LogP contribution is -2.02. The van der Waals surface area contributed by atoms with Crippen molar-refractivity contribution in [3.05, 3.63) is 96.1 Å². The number of hydrogen-bond acceptors (Lipinski definition) is 9. The lowest BCUT2D eigenvalue weighted by Gasteiger charge is -2.13. The molecule has 46 heavy (non-hydrogen) atoms. The fourth-order valence-electron chi connectivity index (χ4n) is 4.87. The van der Waals surface area contributed by atoms with Crippen molar-refractivity contribution >= 4 is 33.4 Å². The van der Waals surface area contributed by atoms with Gasteiger partial charge in [0.25, 0.3) is 0 Å². The van der Waals surface area contributed by atoms with Crippen LogP contribution in [-0.2, 0) is 0 Å². The molecule has 8 nitrogen and oxygen atoms in total. The smallest absolute Gasteiger partial charge is 0.203 e. The van der Waals surface area contributed by atoms with Crippen molar-refractivity contribution in [2.45, 2.75) is 19.3 Å². The van der Waals surface area contributed by atoms with Gasteiger partial charge in [0.2, 0.25) is 5.75 Å². The van der Waals surface area contributed by atoms with Gasteiger partial charge >= 0.3 is 0 Å². The first-order valence-electron chi connectivity index (χ1n) is 14.9. The third-order valence-corrected chi connectivity index (χ3v) is 8.34. The van der Waals surface area contributed by atoms with Crippen LogP contribution in [0.3, 0.4) is 0 Å². The number of rotatable bonds is 16. The molecule has 5 rings (SSSR count). The van der Waals surface area contributed by atoms with Crippen molar-refractivity contribution in [3.8, 4) is 45.1 Å². The van der Waals surface area contributed by atoms with Crippen molar-refractivity contribution in [2.75, 3.05) is 41.7 Å². The number of nitrogens with zero attached hydrogens (tertiary/aromatic N) is 1. The summed E-state index contributed by atoms with van der Waals surface area (Å²) < 4.78 is 34.9. The van der Waals surface area contributed by atoms with E-state index in [9.17, 15) is 4.79 Å². The minimum atomic E-state index is -0.205. The van der Waals surface area contributed by atoms with Crippen LogP contribution in [0.25, 0.3) is 26.9 Å². The van der Waals surface area contributed by atoms with E-state index in [-0.39, 0.29) is 5.78 Å². The highest BCUT2D eigenvalue weighted by Crippen LogP contribution is 2.38. The molecule has 4 aromatic carbocycles. The standard InChI is InChI=1S/C37H37NO7S/c1-40-31-18-16-25(15-17-30(39)27-23-33(41-2)36(43-4)34(24-27)42-3)21-32(31)45-20-9-5-8-19-44-28-12-10-11-26(22-28)37-38-29-13-6-7-14-35(29)46-37/h6-7,10-18,21-24H,5,8-9,19-20H2,1-4H3. The molecular formula is C37H37NO7S. The topological polar surface area (TPSA) is 85.3 Å². The van der Waals surface area contributed by atoms with Gasteiger partial charge in [0, 0.05) is 11.1 Å². The van der Waals surface area contributed by atoms with E-state index < -0.39 is 0 Å². The zero-order valence-corrected chi connectivity index (χ0v) is 27.2. The molecule has 0 aliphatic carbocycles. The number of carbonyl (C=O) groups is 1. The first-order chi connectivity index (χ1) is 22.5. The number of aromatic nitrogens is 1. The van der Waals surface area contributed by atoms with Gasteiger partial charge in [-0.25, -0.2) is 4.98 Å². The second-order valence-corrected chi connectivity index (χ2v) is 11.3. The van der Waals surface area contributed by atoms with Crippen LogP contribution in [0.5, 0.6) is 34.5 Å². The van der Waals surface area contributed by atoms with E-state index in [1.54, 1.807) is 36.7 Å². The van der Waals surface area contributed by atoms with Crippen LogP contribution in [-0.4, -0.2) is 52.4 Å². The van der Waals surface area contributed by atoms with Gasteiger partial charge in [-0.05, 0) is 79.4 Å². The maximum atomic E-state index is 13.0. The summed E-state index contributed by atoms with van der Waals surface area (Å²) in [5.74, 6) is 3.15. The van der Waals surface area contributed by atoms with Crippen molar-refractivity contribution in [3.63, 3.8) is 0 Å². The first-order valence-corrected chi connectivity index (χ1v) is 15.8. The van der Waals surface area contributed by atoms with E-state index in [0.717, 1.165) is 46.7 Å². The average Bonchev–Trinajstić information content (AvgIpc) is 3.54. The molecule has 0 N–H and O–H groups in total. The number of allylic oxidation sites excluding steroid dienone is 1. The number of methoxy groups -OCH3 is 4. The number of unbranched alkanes of at least 4 members (excludes halogenated alkanes) is 2. The zero-order valence-electron chi connectivity index (χ0n) is 26.4. The molecule has 0 atom stereocenters. The van der Waals surface area contributed by atoms with Crippen LogP contribution in [0.2, 0.25) is 0 Å². The maximum Gasteiger partial charge on any atom is 0.203 e. The molecule has 5 aromatic rings. The summed E-state index contributed by atoms with van der Waals surface area (Å²) in [6.07, 6.45) is 5.94. The molecular weight excluding hydrogens is 602 g/mol. The number of fused-ring (bicyclic) bond motifs is 1. The number of para-hydroxylation sites is 1. The minimum absolute atomic E-state index is 0.205. The van der Waals surface area contributed by atoms with Gasteiger partial charge < -0.3 is 28.4 Å². The van der Waals surface area contributed by atoms with Crippen LogP contribution in [0.4, 0.5) is 0 Å². The Bertz CT molecular complexity index is 1760. The van der Waals surface area contributed by atoms with E-state index >= 15 is 0 Å². The van der Waals surface area contributed by atoms with Gasteiger partial charge in [-0.2, -0.15) is 0 Å². The van der Waals surface area contributed by atoms with E-state index in [1.165, 1.54) is 32.1 Å². The highest BCUT2D eigenvalue weighted by molar-refractivity contribution is 7.21. The van der Waals surface area contributed by atoms with Crippen LogP contribution in [0, 0.1) is 0 Å². The molecule has 0 saturated carbocycles. The Morgan fingerprint density at radius 3 is 2.17 bits per heavy atom. The fourth-order valence-corrected chi connectivity index (χ4v) is 5.83. The summed E-state index contributed by atoms with van der Waals surface area (Å²) in [5.41, 5.74) is 3.29. The molecule has 0 saturated heterocycles. The third-order valence-electron chi connectivity index (χ3n) is 7.25. The van der Waals surface area contributed by atoms with Crippen molar-refractivity contribution in [1.82, 2.24) is 4.98 Å². The molecule has 9 heteroatoms. The summed E-state index contributed by atoms with van der Waals surface area (Å²) in [7, 11) is 6.15. The highest BCUT2D eigenvalue weighted by atomic mass is 32.1. The van der Waals surface area contributed by atoms with Gasteiger partial charge in [-0.3, -0.25) is 4.79 Å². The second-order valence-electron chi connectivity index (χ2n) is 10.3. The summed E-state index contributed by atoms with van der Waals surface area (Å²) in [6, 6.07) is 25.1. The number of ketones is 1. The number of hydrogen-bond donors (Lipinski definition) is 0. The Morgan fingerprint density at radius 2 is 1.46 bits per heavy atom. The third kappa shape index (κ3) is 7.97. The van der Waals surface area contributed by atoms with E-state index in [4.69, 9.17) is 33.4 Å². The largest absolute Gasteiger partial charge is 0.494 e. The van der Waals surface area contributed by atoms with Crippen molar-refractivity contribution in [1.29, 1.82) is 0 Å². The summed E-state index contributed by atoms with van der Waals surface area (Å²) >= 11 is 1.68. The van der Waals surface area contributed by atoms with Crippen LogP contribution in [0.1, 0.15) is 35.2 Å². The monoisotopic (exact) mass is 639 g/mol. The highest BCUT2D eigenvalue weighted by Gasteiger charge is 2.16. The van der Waals surface area contributed by atoms with E-state index in [2.05, 4.69) is 12.1 Å². The zero-order chi connectivity index (χ0) is 32.3. The van der Waals surface area contributed by atoms with E-state index in [1.807, 2.05) is 54.6 Å². The molecule has 0 radical (unpaired) electrons. The average molecular weight is 640 g/mol.